The van der Waals surface area contributed by atoms with Gasteiger partial charge in [-0.3, -0.25) is 14.5 Å². The highest BCUT2D eigenvalue weighted by Gasteiger charge is 2.59. The number of ketones is 1. The van der Waals surface area contributed by atoms with Crippen LogP contribution < -0.4 is 4.74 Å². The molecule has 1 heterocycles. The number of carbonyl (C=O) groups is 2. The van der Waals surface area contributed by atoms with Crippen molar-refractivity contribution in [1.82, 2.24) is 4.90 Å². The number of carbonyl (C=O) groups excluding carboxylic acids is 2. The molecule has 2 bridgehead atoms. The molecule has 29 heavy (non-hydrogen) atoms. The van der Waals surface area contributed by atoms with Crippen LogP contribution in [0.25, 0.3) is 0 Å². The maximum absolute atomic E-state index is 13.1. The van der Waals surface area contributed by atoms with Gasteiger partial charge in [0, 0.05) is 24.4 Å². The van der Waals surface area contributed by atoms with Gasteiger partial charge < -0.3 is 9.47 Å². The lowest BCUT2D eigenvalue weighted by Gasteiger charge is -2.59. The van der Waals surface area contributed by atoms with Crippen molar-refractivity contribution < 1.29 is 19.1 Å². The van der Waals surface area contributed by atoms with Gasteiger partial charge in [-0.2, -0.15) is 0 Å². The molecule has 5 nitrogen and oxygen atoms in total. The fraction of sp³-hybridized carbons (Fsp3) is 0.667. The van der Waals surface area contributed by atoms with E-state index in [4.69, 9.17) is 9.47 Å². The van der Waals surface area contributed by atoms with E-state index in [-0.39, 0.29) is 17.2 Å². The Hall–Kier alpha value is -1.88. The smallest absolute Gasteiger partial charge is 0.316 e. The third-order valence-electron chi connectivity index (χ3n) is 7.90. The van der Waals surface area contributed by atoms with Gasteiger partial charge >= 0.3 is 5.97 Å². The Bertz CT molecular complexity index is 832. The highest BCUT2D eigenvalue weighted by atomic mass is 16.5. The number of Topliss-reactive ketones (excluding diaryl/α,β-unsaturated/α-hetero) is 1. The lowest BCUT2D eigenvalue weighted by molar-refractivity contribution is -0.157. The molecule has 5 heteroatoms. The fourth-order valence-electron chi connectivity index (χ4n) is 6.32. The minimum Gasteiger partial charge on any atom is -0.497 e. The first kappa shape index (κ1) is 19.1. The number of benzene rings is 1. The Morgan fingerprint density at radius 2 is 2.14 bits per heavy atom. The zero-order valence-corrected chi connectivity index (χ0v) is 17.5. The summed E-state index contributed by atoms with van der Waals surface area (Å²) in [6, 6.07) is 6.81. The van der Waals surface area contributed by atoms with E-state index in [1.165, 1.54) is 30.5 Å². The Kier molecular flexibility index (Phi) is 4.69. The van der Waals surface area contributed by atoms with Crippen LogP contribution in [0, 0.1) is 17.8 Å². The Morgan fingerprint density at radius 1 is 1.31 bits per heavy atom. The number of rotatable bonds is 5. The zero-order chi connectivity index (χ0) is 20.2. The Balaban J connectivity index is 1.55. The molecule has 3 unspecified atom stereocenters. The molecule has 3 fully saturated rings. The molecule has 4 aliphatic rings. The Morgan fingerprint density at radius 3 is 2.86 bits per heavy atom. The van der Waals surface area contributed by atoms with Crippen molar-refractivity contribution in [2.24, 2.45) is 17.8 Å². The summed E-state index contributed by atoms with van der Waals surface area (Å²) < 4.78 is 10.8. The molecular formula is C24H31NO4. The first-order chi connectivity index (χ1) is 14.1. The van der Waals surface area contributed by atoms with Crippen molar-refractivity contribution in [3.63, 3.8) is 0 Å². The van der Waals surface area contributed by atoms with Crippen molar-refractivity contribution >= 4 is 11.8 Å². The number of likely N-dealkylation sites (tertiary alicyclic amines) is 1. The molecule has 3 aliphatic carbocycles. The van der Waals surface area contributed by atoms with E-state index < -0.39 is 5.92 Å². The van der Waals surface area contributed by atoms with Gasteiger partial charge in [-0.15, -0.1) is 0 Å². The molecule has 5 rings (SSSR count). The van der Waals surface area contributed by atoms with E-state index in [2.05, 4.69) is 17.0 Å². The summed E-state index contributed by atoms with van der Waals surface area (Å²) in [5, 5.41) is 0. The summed E-state index contributed by atoms with van der Waals surface area (Å²) in [6.45, 7) is 4.35. The van der Waals surface area contributed by atoms with Crippen LogP contribution in [-0.2, 0) is 26.2 Å². The third-order valence-corrected chi connectivity index (χ3v) is 7.90. The van der Waals surface area contributed by atoms with E-state index in [9.17, 15) is 9.59 Å². The van der Waals surface area contributed by atoms with E-state index in [0.717, 1.165) is 31.1 Å². The number of ether oxygens (including phenoxy) is 2. The topological polar surface area (TPSA) is 55.8 Å². The number of hydrogen-bond acceptors (Lipinski definition) is 5. The second-order valence-corrected chi connectivity index (χ2v) is 9.43. The van der Waals surface area contributed by atoms with Gasteiger partial charge in [0.15, 0.2) is 0 Å². The van der Waals surface area contributed by atoms with Crippen LogP contribution in [0.15, 0.2) is 18.2 Å². The SMILES string of the molecule is CCOC(=O)[C@@H]1CC2C3Cc4ccc(OC)cc4C2(CCN3CC2CC2)CC1=O. The largest absolute Gasteiger partial charge is 0.497 e. The molecule has 0 radical (unpaired) electrons. The van der Waals surface area contributed by atoms with Crippen molar-refractivity contribution in [1.29, 1.82) is 0 Å². The van der Waals surface area contributed by atoms with Crippen molar-refractivity contribution in [3.05, 3.63) is 29.3 Å². The predicted molar refractivity (Wildman–Crippen MR) is 109 cm³/mol. The molecule has 0 spiro atoms. The van der Waals surface area contributed by atoms with Gasteiger partial charge in [0.05, 0.1) is 13.7 Å². The van der Waals surface area contributed by atoms with Gasteiger partial charge in [0.25, 0.3) is 0 Å². The monoisotopic (exact) mass is 397 g/mol. The third kappa shape index (κ3) is 3.09. The summed E-state index contributed by atoms with van der Waals surface area (Å²) in [4.78, 5) is 28.4. The molecule has 156 valence electrons. The van der Waals surface area contributed by atoms with Crippen LogP contribution in [0.4, 0.5) is 0 Å². The number of methoxy groups -OCH3 is 1. The fourth-order valence-corrected chi connectivity index (χ4v) is 6.32. The number of hydrogen-bond donors (Lipinski definition) is 0. The van der Waals surface area contributed by atoms with Crippen LogP contribution in [-0.4, -0.2) is 49.5 Å². The summed E-state index contributed by atoms with van der Waals surface area (Å²) in [7, 11) is 1.70. The van der Waals surface area contributed by atoms with E-state index in [1.807, 2.05) is 13.0 Å². The van der Waals surface area contributed by atoms with Crippen LogP contribution >= 0.6 is 0 Å². The molecule has 1 aliphatic heterocycles. The van der Waals surface area contributed by atoms with Crippen LogP contribution in [0.5, 0.6) is 5.75 Å². The second kappa shape index (κ2) is 7.12. The number of nitrogens with zero attached hydrogens (tertiary/aromatic N) is 1. The molecule has 0 aromatic heterocycles. The predicted octanol–water partition coefficient (Wildman–Crippen LogP) is 3.13. The first-order valence-electron chi connectivity index (χ1n) is 11.2. The van der Waals surface area contributed by atoms with Crippen molar-refractivity contribution in [2.45, 2.75) is 56.9 Å². The quantitative estimate of drug-likeness (QED) is 0.564. The standard InChI is InChI=1S/C24H31NO4/c1-3-29-23(27)18-12-20-21-10-16-6-7-17(28-2)11-19(16)24(20,13-22(18)26)8-9-25(21)14-15-4-5-15/h6-7,11,15,18,20-21H,3-5,8-10,12-14H2,1-2H3/t18-,20?,21?,24?/m1/s1. The lowest BCUT2D eigenvalue weighted by Crippen LogP contribution is -2.63. The lowest BCUT2D eigenvalue weighted by atomic mass is 9.50. The average molecular weight is 398 g/mol. The minimum atomic E-state index is -0.594. The van der Waals surface area contributed by atoms with Gasteiger partial charge in [0.1, 0.15) is 17.5 Å². The molecule has 2 saturated carbocycles. The van der Waals surface area contributed by atoms with Gasteiger partial charge in [0.2, 0.25) is 0 Å². The number of piperidine rings is 1. The zero-order valence-electron chi connectivity index (χ0n) is 17.5. The van der Waals surface area contributed by atoms with Gasteiger partial charge in [-0.1, -0.05) is 6.07 Å². The first-order valence-corrected chi connectivity index (χ1v) is 11.2. The minimum absolute atomic E-state index is 0.0600. The molecule has 1 aromatic carbocycles. The van der Waals surface area contributed by atoms with Crippen LogP contribution in [0.3, 0.4) is 0 Å². The Labute approximate surface area is 172 Å². The molecule has 1 aromatic rings. The molecule has 1 saturated heterocycles. The molecule has 0 amide bonds. The van der Waals surface area contributed by atoms with Gasteiger partial charge in [-0.25, -0.2) is 0 Å². The van der Waals surface area contributed by atoms with Crippen LogP contribution in [0.2, 0.25) is 0 Å². The van der Waals surface area contributed by atoms with Crippen molar-refractivity contribution in [3.8, 4) is 5.75 Å². The summed E-state index contributed by atoms with van der Waals surface area (Å²) >= 11 is 0. The highest BCUT2D eigenvalue weighted by Crippen LogP contribution is 2.57. The average Bonchev–Trinajstić information content (AvgIpc) is 3.53. The normalized spacial score (nSPS) is 33.6. The van der Waals surface area contributed by atoms with E-state index >= 15 is 0 Å². The number of esters is 1. The number of fused-ring (bicyclic) bond motifs is 1. The maximum Gasteiger partial charge on any atom is 0.316 e. The summed E-state index contributed by atoms with van der Waals surface area (Å²) in [5.41, 5.74) is 2.49. The summed E-state index contributed by atoms with van der Waals surface area (Å²) in [5.74, 6) is 1.16. The summed E-state index contributed by atoms with van der Waals surface area (Å²) in [6.07, 6.45) is 5.76. The van der Waals surface area contributed by atoms with E-state index in [0.29, 0.717) is 31.4 Å². The second-order valence-electron chi connectivity index (χ2n) is 9.43. The van der Waals surface area contributed by atoms with Gasteiger partial charge in [-0.05, 0) is 80.7 Å². The maximum atomic E-state index is 13.1. The molecular weight excluding hydrogens is 366 g/mol. The van der Waals surface area contributed by atoms with E-state index in [1.54, 1.807) is 7.11 Å². The molecule has 0 N–H and O–H groups in total. The van der Waals surface area contributed by atoms with Crippen molar-refractivity contribution in [2.75, 3.05) is 26.8 Å². The molecule has 4 atom stereocenters. The van der Waals surface area contributed by atoms with Crippen LogP contribution in [0.1, 0.15) is 50.2 Å². The highest BCUT2D eigenvalue weighted by molar-refractivity contribution is 6.00.